The van der Waals surface area contributed by atoms with E-state index in [0.717, 1.165) is 11.1 Å². The second-order valence-corrected chi connectivity index (χ2v) is 4.82. The molecule has 3 rings (SSSR count). The molecule has 3 aromatic rings. The fraction of sp³-hybridized carbons (Fsp3) is 0.200. The minimum absolute atomic E-state index is 0.119. The van der Waals surface area contributed by atoms with Crippen molar-refractivity contribution >= 4 is 22.4 Å². The van der Waals surface area contributed by atoms with Crippen LogP contribution in [0, 0.1) is 6.92 Å². The monoisotopic (exact) mass is 300 g/mol. The van der Waals surface area contributed by atoms with E-state index in [1.165, 1.54) is 7.11 Å². The maximum atomic E-state index is 10.2. The summed E-state index contributed by atoms with van der Waals surface area (Å²) in [6.07, 6.45) is 0. The molecule has 0 spiro atoms. The predicted octanol–water partition coefficient (Wildman–Crippen LogP) is 2.73. The number of nitrogens with zero attached hydrogens (tertiary/aromatic N) is 2. The molecule has 0 saturated heterocycles. The van der Waals surface area contributed by atoms with Crippen molar-refractivity contribution in [3.63, 3.8) is 0 Å². The predicted molar refractivity (Wildman–Crippen MR) is 83.1 cm³/mol. The van der Waals surface area contributed by atoms with Gasteiger partial charge in [-0.05, 0) is 24.4 Å². The molecule has 0 aliphatic carbocycles. The van der Waals surface area contributed by atoms with Crippen LogP contribution >= 0.6 is 0 Å². The Labute approximate surface area is 126 Å². The molecule has 0 atom stereocenters. The number of methoxy groups -OCH3 is 2. The van der Waals surface area contributed by atoms with E-state index >= 15 is 0 Å². The highest BCUT2D eigenvalue weighted by atomic mass is 16.5. The van der Waals surface area contributed by atoms with Crippen molar-refractivity contribution in [2.24, 2.45) is 0 Å². The zero-order valence-corrected chi connectivity index (χ0v) is 12.5. The molecule has 114 valence electrons. The van der Waals surface area contributed by atoms with E-state index in [9.17, 15) is 5.11 Å². The van der Waals surface area contributed by atoms with Crippen LogP contribution in [0.3, 0.4) is 0 Å². The van der Waals surface area contributed by atoms with Gasteiger partial charge in [-0.15, -0.1) is 0 Å². The van der Waals surface area contributed by atoms with Gasteiger partial charge >= 0.3 is 0 Å². The molecule has 0 amide bonds. The first-order chi connectivity index (χ1) is 10.6. The summed E-state index contributed by atoms with van der Waals surface area (Å²) < 4.78 is 10.5. The molecule has 1 aromatic carbocycles. The largest absolute Gasteiger partial charge is 0.497 e. The Balaban J connectivity index is 2.10. The summed E-state index contributed by atoms with van der Waals surface area (Å²) in [5.74, 6) is 2.12. The molecule has 0 radical (unpaired) electrons. The van der Waals surface area contributed by atoms with Crippen LogP contribution < -0.4 is 14.8 Å². The van der Waals surface area contributed by atoms with E-state index in [0.29, 0.717) is 28.5 Å². The number of H-pyrrole nitrogens is 1. The van der Waals surface area contributed by atoms with Gasteiger partial charge in [0.1, 0.15) is 17.3 Å². The van der Waals surface area contributed by atoms with E-state index in [1.807, 2.05) is 13.0 Å². The maximum absolute atomic E-state index is 10.2. The first-order valence-corrected chi connectivity index (χ1v) is 6.65. The molecule has 0 saturated carbocycles. The normalized spacial score (nSPS) is 10.7. The summed E-state index contributed by atoms with van der Waals surface area (Å²) in [5.41, 5.74) is 0.927. The first kappa shape index (κ1) is 14.0. The van der Waals surface area contributed by atoms with Gasteiger partial charge in [0.05, 0.1) is 19.6 Å². The molecule has 2 aromatic heterocycles. The lowest BCUT2D eigenvalue weighted by Crippen LogP contribution is -1.96. The average molecular weight is 300 g/mol. The highest BCUT2D eigenvalue weighted by Gasteiger charge is 2.13. The van der Waals surface area contributed by atoms with Crippen LogP contribution in [0.5, 0.6) is 17.4 Å². The van der Waals surface area contributed by atoms with Crippen LogP contribution in [-0.4, -0.2) is 34.5 Å². The Morgan fingerprint density at radius 2 is 1.91 bits per heavy atom. The van der Waals surface area contributed by atoms with E-state index < -0.39 is 0 Å². The summed E-state index contributed by atoms with van der Waals surface area (Å²) >= 11 is 0. The van der Waals surface area contributed by atoms with Crippen molar-refractivity contribution in [2.75, 3.05) is 19.5 Å². The topological polar surface area (TPSA) is 92.3 Å². The molecule has 3 N–H and O–H groups in total. The van der Waals surface area contributed by atoms with E-state index in [2.05, 4.69) is 20.5 Å². The molecule has 0 fully saturated rings. The van der Waals surface area contributed by atoms with Gasteiger partial charge in [0.2, 0.25) is 5.88 Å². The van der Waals surface area contributed by atoms with Gasteiger partial charge in [-0.1, -0.05) is 0 Å². The number of hydrogen-bond acceptors (Lipinski definition) is 6. The van der Waals surface area contributed by atoms with Crippen LogP contribution in [0.4, 0.5) is 11.6 Å². The third kappa shape index (κ3) is 2.48. The number of hydrogen-bond donors (Lipinski definition) is 3. The number of pyridine rings is 1. The van der Waals surface area contributed by atoms with Crippen molar-refractivity contribution in [3.05, 3.63) is 30.0 Å². The van der Waals surface area contributed by atoms with Crippen LogP contribution in [0.1, 0.15) is 5.69 Å². The van der Waals surface area contributed by atoms with Gasteiger partial charge in [-0.2, -0.15) is 10.1 Å². The SMILES string of the molecule is COc1cc(OC)c2c(O)nc(Nc3cc(C)[nH]n3)cc2c1. The molecule has 7 nitrogen and oxygen atoms in total. The molecule has 0 aliphatic rings. The number of fused-ring (bicyclic) bond motifs is 1. The number of aromatic nitrogens is 3. The second kappa shape index (κ2) is 5.44. The maximum Gasteiger partial charge on any atom is 0.224 e. The van der Waals surface area contributed by atoms with Gasteiger partial charge in [0, 0.05) is 17.8 Å². The highest BCUT2D eigenvalue weighted by molar-refractivity contribution is 5.95. The molecule has 0 unspecified atom stereocenters. The van der Waals surface area contributed by atoms with Gasteiger partial charge in [-0.25, -0.2) is 0 Å². The highest BCUT2D eigenvalue weighted by Crippen LogP contribution is 2.37. The minimum Gasteiger partial charge on any atom is -0.497 e. The van der Waals surface area contributed by atoms with E-state index in [1.54, 1.807) is 25.3 Å². The fourth-order valence-electron chi connectivity index (χ4n) is 2.27. The lowest BCUT2D eigenvalue weighted by molar-refractivity contribution is 0.395. The Hall–Kier alpha value is -2.96. The van der Waals surface area contributed by atoms with Gasteiger partial charge < -0.3 is 19.9 Å². The quantitative estimate of drug-likeness (QED) is 0.686. The van der Waals surface area contributed by atoms with Crippen molar-refractivity contribution in [1.82, 2.24) is 15.2 Å². The Kier molecular flexibility index (Phi) is 3.46. The Morgan fingerprint density at radius 1 is 1.09 bits per heavy atom. The zero-order chi connectivity index (χ0) is 15.7. The number of benzene rings is 1. The van der Waals surface area contributed by atoms with Crippen molar-refractivity contribution in [2.45, 2.75) is 6.92 Å². The molecule has 22 heavy (non-hydrogen) atoms. The average Bonchev–Trinajstić information content (AvgIpc) is 2.90. The summed E-state index contributed by atoms with van der Waals surface area (Å²) in [4.78, 5) is 4.14. The lowest BCUT2D eigenvalue weighted by Gasteiger charge is -2.11. The zero-order valence-electron chi connectivity index (χ0n) is 12.5. The Bertz CT molecular complexity index is 829. The fourth-order valence-corrected chi connectivity index (χ4v) is 2.27. The second-order valence-electron chi connectivity index (χ2n) is 4.82. The number of anilines is 2. The number of aromatic hydroxyl groups is 1. The van der Waals surface area contributed by atoms with Crippen molar-refractivity contribution in [1.29, 1.82) is 0 Å². The van der Waals surface area contributed by atoms with Gasteiger partial charge in [-0.3, -0.25) is 5.10 Å². The number of aromatic amines is 1. The molecule has 0 bridgehead atoms. The molecule has 7 heteroatoms. The molecular weight excluding hydrogens is 284 g/mol. The summed E-state index contributed by atoms with van der Waals surface area (Å²) in [5, 5.41) is 21.4. The van der Waals surface area contributed by atoms with E-state index in [4.69, 9.17) is 9.47 Å². The number of nitrogens with one attached hydrogen (secondary N) is 2. The standard InChI is InChI=1S/C15H16N4O3/c1-8-4-13(19-18-8)16-12-6-9-5-10(21-2)7-11(22-3)14(9)15(20)17-12/h4-7H,1-3H3,(H3,16,17,18,19,20). The van der Waals surface area contributed by atoms with E-state index in [-0.39, 0.29) is 5.88 Å². The van der Waals surface area contributed by atoms with Crippen LogP contribution in [0.25, 0.3) is 10.8 Å². The first-order valence-electron chi connectivity index (χ1n) is 6.65. The Morgan fingerprint density at radius 3 is 2.55 bits per heavy atom. The van der Waals surface area contributed by atoms with Gasteiger partial charge in [0.25, 0.3) is 0 Å². The van der Waals surface area contributed by atoms with Crippen molar-refractivity contribution < 1.29 is 14.6 Å². The van der Waals surface area contributed by atoms with Crippen LogP contribution in [0.2, 0.25) is 0 Å². The van der Waals surface area contributed by atoms with Gasteiger partial charge in [0.15, 0.2) is 5.82 Å². The van der Waals surface area contributed by atoms with Crippen LogP contribution in [0.15, 0.2) is 24.3 Å². The summed E-state index contributed by atoms with van der Waals surface area (Å²) in [6.45, 7) is 1.90. The molecule has 2 heterocycles. The lowest BCUT2D eigenvalue weighted by atomic mass is 10.1. The number of rotatable bonds is 4. The summed E-state index contributed by atoms with van der Waals surface area (Å²) in [7, 11) is 3.11. The third-order valence-electron chi connectivity index (χ3n) is 3.27. The smallest absolute Gasteiger partial charge is 0.224 e. The van der Waals surface area contributed by atoms with Crippen LogP contribution in [-0.2, 0) is 0 Å². The molecular formula is C15H16N4O3. The third-order valence-corrected chi connectivity index (χ3v) is 3.27. The minimum atomic E-state index is -0.119. The van der Waals surface area contributed by atoms with Crippen molar-refractivity contribution in [3.8, 4) is 17.4 Å². The molecule has 0 aliphatic heterocycles. The summed E-state index contributed by atoms with van der Waals surface area (Å²) in [6, 6.07) is 7.15. The number of ether oxygens (including phenoxy) is 2. The number of aryl methyl sites for hydroxylation is 1.